The van der Waals surface area contributed by atoms with Crippen molar-refractivity contribution < 1.29 is 13.2 Å². The number of hydrogen-bond acceptors (Lipinski definition) is 4. The maximum Gasteiger partial charge on any atom is 0.416 e. The van der Waals surface area contributed by atoms with Gasteiger partial charge < -0.3 is 9.88 Å². The molecule has 5 nitrogen and oxygen atoms in total. The minimum absolute atomic E-state index is 0.231. The van der Waals surface area contributed by atoms with Gasteiger partial charge in [-0.05, 0) is 49.1 Å². The molecule has 0 atom stereocenters. The number of nitrogens with one attached hydrogen (secondary N) is 1. The van der Waals surface area contributed by atoms with E-state index in [1.54, 1.807) is 0 Å². The van der Waals surface area contributed by atoms with Gasteiger partial charge in [0, 0.05) is 50.4 Å². The Morgan fingerprint density at radius 1 is 0.912 bits per heavy atom. The molecule has 0 saturated carbocycles. The van der Waals surface area contributed by atoms with Crippen LogP contribution in [0.3, 0.4) is 0 Å². The van der Waals surface area contributed by atoms with Crippen molar-refractivity contribution in [1.82, 2.24) is 14.9 Å². The number of H-pyrrole nitrogens is 1. The van der Waals surface area contributed by atoms with Crippen molar-refractivity contribution in [2.24, 2.45) is 0 Å². The summed E-state index contributed by atoms with van der Waals surface area (Å²) in [5.74, 6) is 0.305. The molecule has 34 heavy (non-hydrogen) atoms. The largest absolute Gasteiger partial charge is 0.416 e. The van der Waals surface area contributed by atoms with E-state index < -0.39 is 11.7 Å². The lowest BCUT2D eigenvalue weighted by molar-refractivity contribution is -0.137. The Hall–Kier alpha value is -3.13. The predicted octanol–water partition coefficient (Wildman–Crippen LogP) is 5.00. The third-order valence-electron chi connectivity index (χ3n) is 6.70. The Labute approximate surface area is 196 Å². The van der Waals surface area contributed by atoms with Gasteiger partial charge in [-0.25, -0.2) is 4.98 Å². The lowest BCUT2D eigenvalue weighted by Gasteiger charge is -2.30. The Morgan fingerprint density at radius 3 is 2.29 bits per heavy atom. The number of rotatable bonds is 4. The molecule has 1 saturated heterocycles. The summed E-state index contributed by atoms with van der Waals surface area (Å²) in [6, 6.07) is 13.4. The fourth-order valence-electron chi connectivity index (χ4n) is 4.79. The van der Waals surface area contributed by atoms with Crippen LogP contribution < -0.4 is 10.5 Å². The van der Waals surface area contributed by atoms with Crippen LogP contribution in [-0.4, -0.2) is 34.5 Å². The number of benzene rings is 2. The maximum atomic E-state index is 12.8. The molecule has 2 aliphatic rings. The van der Waals surface area contributed by atoms with E-state index in [9.17, 15) is 18.0 Å². The van der Waals surface area contributed by atoms with E-state index in [1.165, 1.54) is 42.6 Å². The molecule has 0 bridgehead atoms. The zero-order valence-corrected chi connectivity index (χ0v) is 18.9. The van der Waals surface area contributed by atoms with Crippen LogP contribution in [-0.2, 0) is 25.7 Å². The summed E-state index contributed by atoms with van der Waals surface area (Å²) in [5.41, 5.74) is 3.33. The van der Waals surface area contributed by atoms with Crippen LogP contribution in [0.15, 0.2) is 53.3 Å². The fourth-order valence-corrected chi connectivity index (χ4v) is 4.79. The second kappa shape index (κ2) is 9.25. The number of halogens is 3. The van der Waals surface area contributed by atoms with Crippen molar-refractivity contribution >= 4 is 5.69 Å². The maximum absolute atomic E-state index is 12.8. The number of aromatic amines is 1. The first-order chi connectivity index (χ1) is 16.4. The molecule has 0 radical (unpaired) electrons. The third kappa shape index (κ3) is 4.87. The molecule has 0 aliphatic carbocycles. The average Bonchev–Trinajstić information content (AvgIpc) is 2.85. The van der Waals surface area contributed by atoms with Gasteiger partial charge in [-0.1, -0.05) is 24.3 Å². The smallest absolute Gasteiger partial charge is 0.372 e. The molecule has 3 heterocycles. The summed E-state index contributed by atoms with van der Waals surface area (Å²) in [6.45, 7) is 4.25. The highest BCUT2D eigenvalue weighted by Gasteiger charge is 2.30. The second-order valence-corrected chi connectivity index (χ2v) is 9.09. The second-order valence-electron chi connectivity index (χ2n) is 9.09. The molecule has 2 aromatic carbocycles. The molecular weight excluding hydrogens is 441 g/mol. The molecule has 1 aromatic heterocycles. The highest BCUT2D eigenvalue weighted by atomic mass is 19.4. The lowest BCUT2D eigenvalue weighted by atomic mass is 10.0. The third-order valence-corrected chi connectivity index (χ3v) is 6.70. The van der Waals surface area contributed by atoms with E-state index in [0.29, 0.717) is 29.9 Å². The summed E-state index contributed by atoms with van der Waals surface area (Å²) in [4.78, 5) is 24.8. The Morgan fingerprint density at radius 2 is 1.62 bits per heavy atom. The molecule has 3 aromatic rings. The van der Waals surface area contributed by atoms with Gasteiger partial charge in [0.15, 0.2) is 0 Å². The summed E-state index contributed by atoms with van der Waals surface area (Å²) in [5, 5.41) is 0. The topological polar surface area (TPSA) is 52.2 Å². The van der Waals surface area contributed by atoms with Crippen LogP contribution in [0.2, 0.25) is 0 Å². The van der Waals surface area contributed by atoms with Gasteiger partial charge in [-0.3, -0.25) is 9.69 Å². The van der Waals surface area contributed by atoms with Gasteiger partial charge >= 0.3 is 6.18 Å². The molecule has 8 heteroatoms. The van der Waals surface area contributed by atoms with E-state index >= 15 is 0 Å². The van der Waals surface area contributed by atoms with Crippen LogP contribution in [0.25, 0.3) is 11.4 Å². The normalized spacial score (nSPS) is 17.0. The average molecular weight is 469 g/mol. The first kappa shape index (κ1) is 22.7. The number of hydrogen-bond donors (Lipinski definition) is 1. The SMILES string of the molecule is O=c1[nH]c(-c2ccc(C(F)(F)F)cc2)nc2c1CN(Cc1ccc(N3CCCCC3)cc1)CC2. The molecule has 1 N–H and O–H groups in total. The number of nitrogens with zero attached hydrogens (tertiary/aromatic N) is 3. The van der Waals surface area contributed by atoms with E-state index in [-0.39, 0.29) is 5.56 Å². The molecule has 1 fully saturated rings. The molecule has 0 spiro atoms. The fraction of sp³-hybridized carbons (Fsp3) is 0.385. The molecule has 178 valence electrons. The summed E-state index contributed by atoms with van der Waals surface area (Å²) in [6.07, 6.45) is 0.0341. The number of anilines is 1. The van der Waals surface area contributed by atoms with Crippen LogP contribution >= 0.6 is 0 Å². The van der Waals surface area contributed by atoms with E-state index in [1.807, 2.05) is 0 Å². The van der Waals surface area contributed by atoms with Crippen molar-refractivity contribution in [3.8, 4) is 11.4 Å². The quantitative estimate of drug-likeness (QED) is 0.585. The van der Waals surface area contributed by atoms with Gasteiger partial charge in [-0.2, -0.15) is 13.2 Å². The standard InChI is InChI=1S/C26H27F3N4O/c27-26(28,29)20-8-6-19(7-9-20)24-30-23-12-15-32(17-22(23)25(34)31-24)16-18-4-10-21(11-5-18)33-13-2-1-3-14-33/h4-11H,1-3,12-17H2,(H,30,31,34). The van der Waals surface area contributed by atoms with Crippen molar-refractivity contribution in [2.75, 3.05) is 24.5 Å². The molecule has 0 amide bonds. The van der Waals surface area contributed by atoms with Crippen molar-refractivity contribution in [1.29, 1.82) is 0 Å². The zero-order valence-electron chi connectivity index (χ0n) is 18.9. The monoisotopic (exact) mass is 468 g/mol. The zero-order chi connectivity index (χ0) is 23.7. The van der Waals surface area contributed by atoms with Crippen molar-refractivity contribution in [2.45, 2.75) is 44.9 Å². The van der Waals surface area contributed by atoms with Crippen molar-refractivity contribution in [3.63, 3.8) is 0 Å². The van der Waals surface area contributed by atoms with E-state index in [0.717, 1.165) is 44.0 Å². The van der Waals surface area contributed by atoms with Crippen LogP contribution in [0, 0.1) is 0 Å². The number of piperidine rings is 1. The van der Waals surface area contributed by atoms with Crippen molar-refractivity contribution in [3.05, 3.63) is 81.3 Å². The molecule has 0 unspecified atom stereocenters. The first-order valence-electron chi connectivity index (χ1n) is 11.7. The van der Waals surface area contributed by atoms with Gasteiger partial charge in [0.25, 0.3) is 5.56 Å². The van der Waals surface area contributed by atoms with Crippen LogP contribution in [0.1, 0.15) is 41.6 Å². The van der Waals surface area contributed by atoms with Crippen LogP contribution in [0.5, 0.6) is 0 Å². The summed E-state index contributed by atoms with van der Waals surface area (Å²) in [7, 11) is 0. The predicted molar refractivity (Wildman–Crippen MR) is 126 cm³/mol. The molecular formula is C26H27F3N4O. The molecule has 2 aliphatic heterocycles. The Bertz CT molecular complexity index is 1200. The lowest BCUT2D eigenvalue weighted by Crippen LogP contribution is -2.35. The van der Waals surface area contributed by atoms with Gasteiger partial charge in [0.1, 0.15) is 5.82 Å². The van der Waals surface area contributed by atoms with Crippen LogP contribution in [0.4, 0.5) is 18.9 Å². The number of alkyl halides is 3. The Kier molecular flexibility index (Phi) is 6.16. The highest BCUT2D eigenvalue weighted by molar-refractivity contribution is 5.56. The van der Waals surface area contributed by atoms with E-state index in [4.69, 9.17) is 0 Å². The minimum Gasteiger partial charge on any atom is -0.372 e. The van der Waals surface area contributed by atoms with Gasteiger partial charge in [0.05, 0.1) is 16.8 Å². The Balaban J connectivity index is 1.27. The summed E-state index contributed by atoms with van der Waals surface area (Å²) >= 11 is 0. The summed E-state index contributed by atoms with van der Waals surface area (Å²) < 4.78 is 38.5. The van der Waals surface area contributed by atoms with Gasteiger partial charge in [0.2, 0.25) is 0 Å². The number of aromatic nitrogens is 2. The number of fused-ring (bicyclic) bond motifs is 1. The van der Waals surface area contributed by atoms with Gasteiger partial charge in [-0.15, -0.1) is 0 Å². The van der Waals surface area contributed by atoms with E-state index in [2.05, 4.69) is 44.0 Å². The molecule has 5 rings (SSSR count). The first-order valence-corrected chi connectivity index (χ1v) is 11.7. The highest BCUT2D eigenvalue weighted by Crippen LogP contribution is 2.30. The minimum atomic E-state index is -4.40.